The molecule has 6 aromatic heterocycles. The van der Waals surface area contributed by atoms with Crippen molar-refractivity contribution in [3.05, 3.63) is 98.1 Å². The summed E-state index contributed by atoms with van der Waals surface area (Å²) in [4.78, 5) is 21.4. The zero-order chi connectivity index (χ0) is 30.2. The van der Waals surface area contributed by atoms with Crippen LogP contribution in [0.1, 0.15) is 0 Å². The van der Waals surface area contributed by atoms with Crippen LogP contribution in [0.3, 0.4) is 0 Å². The number of pyridine rings is 2. The largest absolute Gasteiger partial charge is 4.00 e. The van der Waals surface area contributed by atoms with Gasteiger partial charge in [-0.15, -0.1) is 0 Å². The minimum atomic E-state index is 0. The summed E-state index contributed by atoms with van der Waals surface area (Å²) in [5.41, 5.74) is 6.31. The molecule has 0 radical (unpaired) electrons. The zero-order valence-electron chi connectivity index (χ0n) is 27.2. The molecular formula is C32H40Cl3N10Os+. The fourth-order valence-corrected chi connectivity index (χ4v) is 4.29. The molecule has 246 valence electrons. The van der Waals surface area contributed by atoms with Crippen LogP contribution in [0.4, 0.5) is 11.4 Å². The number of nitrogens with zero attached hydrogens (tertiary/aromatic N) is 10. The molecule has 0 spiro atoms. The minimum absolute atomic E-state index is 0. The van der Waals surface area contributed by atoms with Gasteiger partial charge in [0.1, 0.15) is 0 Å². The number of anilines is 2. The molecule has 0 fully saturated rings. The van der Waals surface area contributed by atoms with E-state index >= 15 is 0 Å². The second-order valence-corrected chi connectivity index (χ2v) is 10.3. The van der Waals surface area contributed by atoms with Crippen molar-refractivity contribution in [2.75, 3.05) is 38.0 Å². The maximum absolute atomic E-state index is 4.38. The van der Waals surface area contributed by atoms with Crippen molar-refractivity contribution in [2.24, 2.45) is 28.2 Å². The average Bonchev–Trinajstić information content (AvgIpc) is 3.79. The summed E-state index contributed by atoms with van der Waals surface area (Å²) in [6, 6.07) is 16.2. The third kappa shape index (κ3) is 10.7. The van der Waals surface area contributed by atoms with Crippen molar-refractivity contribution in [1.29, 1.82) is 0 Å². The maximum Gasteiger partial charge on any atom is 4.00 e. The van der Waals surface area contributed by atoms with E-state index in [1.54, 1.807) is 0 Å². The number of aryl methyl sites for hydroxylation is 4. The van der Waals surface area contributed by atoms with Gasteiger partial charge < -0.3 is 65.3 Å². The van der Waals surface area contributed by atoms with Gasteiger partial charge in [-0.3, -0.25) is 9.97 Å². The molecule has 0 aromatic carbocycles. The fraction of sp³-hybridized carbons (Fsp3) is 0.250. The Morgan fingerprint density at radius 1 is 0.478 bits per heavy atom. The number of hydrogen-bond acceptors (Lipinski definition) is 6. The van der Waals surface area contributed by atoms with Crippen LogP contribution >= 0.6 is 0 Å². The first-order valence-corrected chi connectivity index (χ1v) is 13.6. The van der Waals surface area contributed by atoms with Crippen molar-refractivity contribution in [3.8, 4) is 34.4 Å². The predicted octanol–water partition coefficient (Wildman–Crippen LogP) is -3.86. The molecule has 0 aliphatic carbocycles. The van der Waals surface area contributed by atoms with E-state index in [0.717, 1.165) is 45.8 Å². The Labute approximate surface area is 303 Å². The SMILES string of the molecule is CN(C)c1ccnc(-c2cc(N(C)C)ccn2)c1.Cn1cccc1-c1nccn1C.Cn1cccc1-c1nccn1C.[Cl-].[Cl-].[Cl-].[Os+4]. The third-order valence-corrected chi connectivity index (χ3v) is 6.77. The summed E-state index contributed by atoms with van der Waals surface area (Å²) in [6.07, 6.45) is 15.2. The number of hydrogen-bond donors (Lipinski definition) is 0. The number of rotatable bonds is 5. The molecule has 6 aromatic rings. The summed E-state index contributed by atoms with van der Waals surface area (Å²) < 4.78 is 8.13. The summed E-state index contributed by atoms with van der Waals surface area (Å²) >= 11 is 0. The second kappa shape index (κ2) is 19.8. The van der Waals surface area contributed by atoms with Crippen molar-refractivity contribution in [1.82, 2.24) is 38.2 Å². The van der Waals surface area contributed by atoms with Crippen LogP contribution in [0.2, 0.25) is 0 Å². The van der Waals surface area contributed by atoms with Gasteiger partial charge in [0.05, 0.1) is 22.8 Å². The van der Waals surface area contributed by atoms with Crippen molar-refractivity contribution in [3.63, 3.8) is 0 Å². The topological polar surface area (TPSA) is 77.8 Å². The molecule has 0 aliphatic heterocycles. The van der Waals surface area contributed by atoms with Crippen LogP contribution in [0.5, 0.6) is 0 Å². The van der Waals surface area contributed by atoms with Crippen LogP contribution in [0, 0.1) is 0 Å². The zero-order valence-corrected chi connectivity index (χ0v) is 32.0. The number of imidazole rings is 2. The second-order valence-electron chi connectivity index (χ2n) is 10.3. The van der Waals surface area contributed by atoms with E-state index in [4.69, 9.17) is 0 Å². The standard InChI is InChI=1S/C14H18N4.2C9H11N3.3ClH.Os/c1-17(2)11-5-7-15-13(9-11)14-10-12(18(3)4)6-8-16-14;2*1-11-6-3-4-8(11)9-10-5-7-12(9)2;;;;/h5-10H,1-4H3;2*3-7H,1-2H3;3*1H;/q;;;;;;+4/p-3. The van der Waals surface area contributed by atoms with Crippen LogP contribution in [0.25, 0.3) is 34.4 Å². The predicted molar refractivity (Wildman–Crippen MR) is 171 cm³/mol. The van der Waals surface area contributed by atoms with E-state index in [0.29, 0.717) is 0 Å². The molecule has 0 saturated heterocycles. The molecule has 0 amide bonds. The van der Waals surface area contributed by atoms with Gasteiger partial charge in [-0.2, -0.15) is 0 Å². The summed E-state index contributed by atoms with van der Waals surface area (Å²) in [7, 11) is 16.1. The molecular weight excluding hydrogens is 821 g/mol. The van der Waals surface area contributed by atoms with Gasteiger partial charge in [0, 0.05) is 117 Å². The molecule has 6 rings (SSSR count). The number of aromatic nitrogens is 8. The molecule has 0 unspecified atom stereocenters. The van der Waals surface area contributed by atoms with E-state index in [9.17, 15) is 0 Å². The van der Waals surface area contributed by atoms with E-state index in [1.807, 2.05) is 151 Å². The maximum atomic E-state index is 4.38. The van der Waals surface area contributed by atoms with E-state index in [-0.39, 0.29) is 57.0 Å². The molecule has 0 saturated carbocycles. The van der Waals surface area contributed by atoms with E-state index in [1.165, 1.54) is 0 Å². The monoisotopic (exact) mass is 861 g/mol. The Bertz CT molecular complexity index is 1520. The van der Waals surface area contributed by atoms with Crippen molar-refractivity contribution in [2.45, 2.75) is 0 Å². The molecule has 14 heteroatoms. The molecule has 46 heavy (non-hydrogen) atoms. The first-order chi connectivity index (χ1) is 20.2. The Morgan fingerprint density at radius 2 is 0.848 bits per heavy atom. The molecule has 0 N–H and O–H groups in total. The van der Waals surface area contributed by atoms with Crippen LogP contribution in [0.15, 0.2) is 98.1 Å². The minimum Gasteiger partial charge on any atom is -1.00 e. The molecule has 0 aliphatic rings. The van der Waals surface area contributed by atoms with E-state index in [2.05, 4.69) is 51.0 Å². The molecule has 0 atom stereocenters. The van der Waals surface area contributed by atoms with Gasteiger partial charge in [-0.05, 0) is 48.5 Å². The first kappa shape index (κ1) is 42.4. The van der Waals surface area contributed by atoms with Crippen molar-refractivity contribution < 1.29 is 57.0 Å². The van der Waals surface area contributed by atoms with Gasteiger partial charge in [-0.25, -0.2) is 9.97 Å². The van der Waals surface area contributed by atoms with Gasteiger partial charge in [0.25, 0.3) is 0 Å². The van der Waals surface area contributed by atoms with Gasteiger partial charge in [-0.1, -0.05) is 0 Å². The first-order valence-electron chi connectivity index (χ1n) is 13.6. The fourth-order valence-electron chi connectivity index (χ4n) is 4.29. The van der Waals surface area contributed by atoms with Crippen LogP contribution in [-0.2, 0) is 48.0 Å². The van der Waals surface area contributed by atoms with Gasteiger partial charge >= 0.3 is 19.8 Å². The van der Waals surface area contributed by atoms with Crippen LogP contribution in [-0.4, -0.2) is 66.4 Å². The Balaban J connectivity index is 0.000000649. The summed E-state index contributed by atoms with van der Waals surface area (Å²) in [5.74, 6) is 2.00. The Kier molecular flexibility index (Phi) is 18.2. The third-order valence-electron chi connectivity index (χ3n) is 6.77. The quantitative estimate of drug-likeness (QED) is 0.177. The summed E-state index contributed by atoms with van der Waals surface area (Å²) in [6.45, 7) is 0. The van der Waals surface area contributed by atoms with Gasteiger partial charge in [0.2, 0.25) is 0 Å². The molecule has 10 nitrogen and oxygen atoms in total. The Hall–Kier alpha value is -3.61. The van der Waals surface area contributed by atoms with Crippen LogP contribution < -0.4 is 47.0 Å². The normalized spacial score (nSPS) is 9.48. The number of halogens is 3. The summed E-state index contributed by atoms with van der Waals surface area (Å²) in [5, 5.41) is 0. The Morgan fingerprint density at radius 3 is 1.11 bits per heavy atom. The smallest absolute Gasteiger partial charge is 1.00 e. The van der Waals surface area contributed by atoms with E-state index < -0.39 is 0 Å². The van der Waals surface area contributed by atoms with Crippen molar-refractivity contribution >= 4 is 11.4 Å². The molecule has 0 bridgehead atoms. The molecule has 6 heterocycles. The van der Waals surface area contributed by atoms with Gasteiger partial charge in [0.15, 0.2) is 11.6 Å². The average molecular weight is 861 g/mol.